The van der Waals surface area contributed by atoms with Crippen LogP contribution in [0.2, 0.25) is 0 Å². The van der Waals surface area contributed by atoms with Gasteiger partial charge in [0.1, 0.15) is 0 Å². The summed E-state index contributed by atoms with van der Waals surface area (Å²) in [6.07, 6.45) is 18.0. The first kappa shape index (κ1) is 22.8. The first-order valence-electron chi connectivity index (χ1n) is 12.9. The van der Waals surface area contributed by atoms with Gasteiger partial charge in [0.15, 0.2) is 0 Å². The van der Waals surface area contributed by atoms with Gasteiger partial charge in [0.05, 0.1) is 0 Å². The minimum absolute atomic E-state index is 0.483. The van der Waals surface area contributed by atoms with Crippen LogP contribution >= 0.6 is 0 Å². The summed E-state index contributed by atoms with van der Waals surface area (Å²) in [7, 11) is 0. The lowest BCUT2D eigenvalue weighted by Gasteiger charge is -2.58. The minimum Gasteiger partial charge on any atom is -0.343 e. The maximum Gasteiger partial charge on any atom is 0.277 e. The van der Waals surface area contributed by atoms with Crippen LogP contribution in [0.15, 0.2) is 11.6 Å². The van der Waals surface area contributed by atoms with Gasteiger partial charge < -0.3 is 15.3 Å². The maximum atomic E-state index is 9.38. The Kier molecular flexibility index (Phi) is 6.23. The van der Waals surface area contributed by atoms with Gasteiger partial charge in [-0.3, -0.25) is 0 Å². The van der Waals surface area contributed by atoms with Crippen LogP contribution in [0.1, 0.15) is 105 Å². The molecule has 3 N–H and O–H groups in total. The van der Waals surface area contributed by atoms with Crippen molar-refractivity contribution in [1.82, 2.24) is 0 Å². The standard InChI is InChI=1S/C27H46O3/c1-18(8-7-9-19(2)27(28,29)30)22-13-14-23-21-12-11-20-10-5-6-16-25(20,3)24(21)15-17-26(22,23)4/h11,18-19,21-24,28-30H,5-10,12-17H2,1-4H3/t18-,19+,21+,22-,23+,24+,25+,26-/m1/s1. The van der Waals surface area contributed by atoms with Gasteiger partial charge in [-0.05, 0) is 98.2 Å². The molecule has 4 rings (SSSR count). The zero-order valence-electron chi connectivity index (χ0n) is 19.9. The molecule has 3 fully saturated rings. The topological polar surface area (TPSA) is 60.7 Å². The molecule has 0 aromatic heterocycles. The van der Waals surface area contributed by atoms with Crippen LogP contribution in [0, 0.1) is 46.3 Å². The van der Waals surface area contributed by atoms with Crippen LogP contribution in [0.25, 0.3) is 0 Å². The average molecular weight is 419 g/mol. The average Bonchev–Trinajstić information content (AvgIpc) is 3.04. The van der Waals surface area contributed by atoms with E-state index in [0.29, 0.717) is 23.2 Å². The van der Waals surface area contributed by atoms with Crippen molar-refractivity contribution in [2.24, 2.45) is 46.3 Å². The van der Waals surface area contributed by atoms with E-state index in [1.165, 1.54) is 57.8 Å². The van der Waals surface area contributed by atoms with E-state index in [4.69, 9.17) is 0 Å². The molecule has 30 heavy (non-hydrogen) atoms. The Bertz CT molecular complexity index is 649. The lowest BCUT2D eigenvalue weighted by atomic mass is 9.47. The minimum atomic E-state index is -2.53. The lowest BCUT2D eigenvalue weighted by Crippen LogP contribution is -2.50. The molecule has 3 nitrogen and oxygen atoms in total. The molecule has 0 aliphatic heterocycles. The van der Waals surface area contributed by atoms with E-state index >= 15 is 0 Å². The van der Waals surface area contributed by atoms with Crippen LogP contribution < -0.4 is 0 Å². The zero-order chi connectivity index (χ0) is 21.7. The Morgan fingerprint density at radius 1 is 1.00 bits per heavy atom. The molecule has 3 saturated carbocycles. The fourth-order valence-electron chi connectivity index (χ4n) is 8.81. The molecular formula is C27H46O3. The first-order valence-corrected chi connectivity index (χ1v) is 12.9. The fraction of sp³-hybridized carbons (Fsp3) is 0.926. The second kappa shape index (κ2) is 8.19. The summed E-state index contributed by atoms with van der Waals surface area (Å²) in [6, 6.07) is 0. The Balaban J connectivity index is 1.42. The normalized spacial score (nSPS) is 43.2. The molecule has 0 aromatic carbocycles. The van der Waals surface area contributed by atoms with Crippen molar-refractivity contribution in [3.63, 3.8) is 0 Å². The number of aliphatic hydroxyl groups is 3. The highest BCUT2D eigenvalue weighted by Crippen LogP contribution is 2.67. The molecule has 0 amide bonds. The summed E-state index contributed by atoms with van der Waals surface area (Å²) in [5.41, 5.74) is 2.79. The Morgan fingerprint density at radius 2 is 1.77 bits per heavy atom. The van der Waals surface area contributed by atoms with E-state index in [-0.39, 0.29) is 0 Å². The smallest absolute Gasteiger partial charge is 0.277 e. The third-order valence-electron chi connectivity index (χ3n) is 10.7. The van der Waals surface area contributed by atoms with Crippen LogP contribution in [-0.4, -0.2) is 21.3 Å². The van der Waals surface area contributed by atoms with Gasteiger partial charge in [0.25, 0.3) is 5.97 Å². The molecule has 4 aliphatic rings. The van der Waals surface area contributed by atoms with Gasteiger partial charge in [-0.15, -0.1) is 0 Å². The molecule has 3 heteroatoms. The number of hydrogen-bond acceptors (Lipinski definition) is 3. The van der Waals surface area contributed by atoms with E-state index in [2.05, 4.69) is 26.8 Å². The molecule has 8 atom stereocenters. The van der Waals surface area contributed by atoms with E-state index in [0.717, 1.165) is 36.5 Å². The van der Waals surface area contributed by atoms with E-state index in [9.17, 15) is 15.3 Å². The maximum absolute atomic E-state index is 9.38. The summed E-state index contributed by atoms with van der Waals surface area (Å²) >= 11 is 0. The number of fused-ring (bicyclic) bond motifs is 5. The molecule has 172 valence electrons. The SMILES string of the molecule is C[C@H](CCC[C@H](C)C(O)(O)O)[C@H]1CC[C@H]2[C@@H]3CC=C4CCCC[C@]4(C)[C@H]3CC[C@]12C. The molecule has 0 unspecified atom stereocenters. The van der Waals surface area contributed by atoms with Crippen molar-refractivity contribution in [2.45, 2.75) is 111 Å². The molecule has 0 radical (unpaired) electrons. The monoisotopic (exact) mass is 418 g/mol. The fourth-order valence-corrected chi connectivity index (χ4v) is 8.81. The quantitative estimate of drug-likeness (QED) is 0.365. The summed E-state index contributed by atoms with van der Waals surface area (Å²) < 4.78 is 0. The summed E-state index contributed by atoms with van der Waals surface area (Å²) in [5, 5.41) is 28.1. The third kappa shape index (κ3) is 3.82. The van der Waals surface area contributed by atoms with Gasteiger partial charge in [0, 0.05) is 5.92 Å². The van der Waals surface area contributed by atoms with Gasteiger partial charge in [-0.25, -0.2) is 0 Å². The highest BCUT2D eigenvalue weighted by molar-refractivity contribution is 5.24. The van der Waals surface area contributed by atoms with Crippen LogP contribution in [0.3, 0.4) is 0 Å². The second-order valence-corrected chi connectivity index (χ2v) is 12.2. The van der Waals surface area contributed by atoms with Crippen molar-refractivity contribution < 1.29 is 15.3 Å². The Labute approximate surface area is 184 Å². The zero-order valence-corrected chi connectivity index (χ0v) is 19.9. The Morgan fingerprint density at radius 3 is 2.50 bits per heavy atom. The van der Waals surface area contributed by atoms with Crippen LogP contribution in [0.5, 0.6) is 0 Å². The molecule has 0 aromatic rings. The molecule has 0 heterocycles. The van der Waals surface area contributed by atoms with Crippen LogP contribution in [-0.2, 0) is 0 Å². The number of hydrogen-bond donors (Lipinski definition) is 3. The van der Waals surface area contributed by atoms with Crippen molar-refractivity contribution in [3.8, 4) is 0 Å². The third-order valence-corrected chi connectivity index (χ3v) is 10.7. The molecule has 0 saturated heterocycles. The Hall–Kier alpha value is -0.380. The predicted molar refractivity (Wildman–Crippen MR) is 121 cm³/mol. The van der Waals surface area contributed by atoms with Gasteiger partial charge >= 0.3 is 0 Å². The highest BCUT2D eigenvalue weighted by Gasteiger charge is 2.58. The van der Waals surface area contributed by atoms with E-state index in [1.807, 2.05) is 5.57 Å². The molecule has 4 aliphatic carbocycles. The number of rotatable bonds is 6. The van der Waals surface area contributed by atoms with Crippen molar-refractivity contribution >= 4 is 0 Å². The van der Waals surface area contributed by atoms with Crippen molar-refractivity contribution in [3.05, 3.63) is 11.6 Å². The van der Waals surface area contributed by atoms with Crippen LogP contribution in [0.4, 0.5) is 0 Å². The van der Waals surface area contributed by atoms with Crippen molar-refractivity contribution in [1.29, 1.82) is 0 Å². The number of allylic oxidation sites excluding steroid dienone is 2. The van der Waals surface area contributed by atoms with Gasteiger partial charge in [-0.1, -0.05) is 58.6 Å². The van der Waals surface area contributed by atoms with Gasteiger partial charge in [0.2, 0.25) is 0 Å². The highest BCUT2D eigenvalue weighted by atomic mass is 16.7. The summed E-state index contributed by atoms with van der Waals surface area (Å²) in [6.45, 7) is 9.38. The predicted octanol–water partition coefficient (Wildman–Crippen LogP) is 6.03. The van der Waals surface area contributed by atoms with Crippen molar-refractivity contribution in [2.75, 3.05) is 0 Å². The lowest BCUT2D eigenvalue weighted by molar-refractivity contribution is -0.340. The largest absolute Gasteiger partial charge is 0.343 e. The summed E-state index contributed by atoms with van der Waals surface area (Å²) in [5.74, 6) is 1.14. The molecule has 0 bridgehead atoms. The van der Waals surface area contributed by atoms with Gasteiger partial charge in [-0.2, -0.15) is 0 Å². The molecular weight excluding hydrogens is 372 g/mol. The van der Waals surface area contributed by atoms with E-state index < -0.39 is 11.9 Å². The molecule has 0 spiro atoms. The van der Waals surface area contributed by atoms with E-state index in [1.54, 1.807) is 6.92 Å². The summed E-state index contributed by atoms with van der Waals surface area (Å²) in [4.78, 5) is 0. The second-order valence-electron chi connectivity index (χ2n) is 12.2. The first-order chi connectivity index (χ1) is 14.1.